The lowest BCUT2D eigenvalue weighted by Crippen LogP contribution is -2.42. The molecule has 1 aliphatic heterocycles. The zero-order valence-electron chi connectivity index (χ0n) is 21.5. The lowest BCUT2D eigenvalue weighted by atomic mass is 9.97. The van der Waals surface area contributed by atoms with Crippen LogP contribution >= 0.6 is 0 Å². The van der Waals surface area contributed by atoms with Crippen molar-refractivity contribution in [3.8, 4) is 0 Å². The third-order valence-electron chi connectivity index (χ3n) is 6.29. The second kappa shape index (κ2) is 10.9. The molecule has 0 spiro atoms. The molecule has 0 aliphatic carbocycles. The van der Waals surface area contributed by atoms with Crippen LogP contribution < -0.4 is 10.2 Å². The highest BCUT2D eigenvalue weighted by Crippen LogP contribution is 2.22. The molecule has 2 amide bonds. The monoisotopic (exact) mass is 489 g/mol. The molecule has 4 rings (SSSR count). The first-order valence-corrected chi connectivity index (χ1v) is 12.6. The van der Waals surface area contributed by atoms with Crippen LogP contribution in [0.3, 0.4) is 0 Å². The number of piperidine rings is 1. The number of rotatable bonds is 6. The fourth-order valence-corrected chi connectivity index (χ4v) is 4.35. The summed E-state index contributed by atoms with van der Waals surface area (Å²) >= 11 is 0. The summed E-state index contributed by atoms with van der Waals surface area (Å²) in [5, 5.41) is 5.45. The number of hydrogen-bond acceptors (Lipinski definition) is 6. The molecule has 0 unspecified atom stereocenters. The predicted octanol–water partition coefficient (Wildman–Crippen LogP) is 5.36. The van der Waals surface area contributed by atoms with Crippen LogP contribution in [0.1, 0.15) is 50.9 Å². The van der Waals surface area contributed by atoms with Gasteiger partial charge in [-0.1, -0.05) is 30.3 Å². The van der Waals surface area contributed by atoms with E-state index in [-0.39, 0.29) is 12.0 Å². The van der Waals surface area contributed by atoms with Gasteiger partial charge in [-0.3, -0.25) is 9.69 Å². The second-order valence-electron chi connectivity index (χ2n) is 10.1. The summed E-state index contributed by atoms with van der Waals surface area (Å²) in [5.74, 6) is 1.36. The molecule has 0 radical (unpaired) electrons. The van der Waals surface area contributed by atoms with Crippen molar-refractivity contribution in [2.24, 2.45) is 5.92 Å². The van der Waals surface area contributed by atoms with Gasteiger partial charge in [0, 0.05) is 37.9 Å². The largest absolute Gasteiger partial charge is 0.444 e. The summed E-state index contributed by atoms with van der Waals surface area (Å²) < 4.78 is 5.48. The fourth-order valence-electron chi connectivity index (χ4n) is 4.35. The van der Waals surface area contributed by atoms with Gasteiger partial charge in [-0.2, -0.15) is 4.98 Å². The van der Waals surface area contributed by atoms with Crippen molar-refractivity contribution in [1.29, 1.82) is 0 Å². The van der Waals surface area contributed by atoms with Crippen LogP contribution in [0.4, 0.5) is 16.6 Å². The number of fused-ring (bicyclic) bond motifs is 1. The second-order valence-corrected chi connectivity index (χ2v) is 10.1. The Labute approximate surface area is 212 Å². The minimum atomic E-state index is -0.486. The highest BCUT2D eigenvalue weighted by Gasteiger charge is 2.27. The van der Waals surface area contributed by atoms with E-state index in [0.29, 0.717) is 49.4 Å². The maximum atomic E-state index is 13.3. The summed E-state index contributed by atoms with van der Waals surface area (Å²) in [4.78, 5) is 38.0. The third kappa shape index (κ3) is 6.30. The normalized spacial score (nSPS) is 14.5. The smallest absolute Gasteiger partial charge is 0.410 e. The van der Waals surface area contributed by atoms with E-state index in [1.54, 1.807) is 22.1 Å². The van der Waals surface area contributed by atoms with Gasteiger partial charge < -0.3 is 15.0 Å². The molecule has 1 fully saturated rings. The first kappa shape index (κ1) is 25.4. The average Bonchev–Trinajstić information content (AvgIpc) is 2.87. The standard InChI is InChI=1S/C28H35N5O3/c1-5-33(25(34)23-11-10-21-8-6-7-9-22(21)18-23)24-12-15-29-26(31-24)30-19-20-13-16-32(17-14-20)27(35)36-28(2,3)4/h6-12,15,18,20H,5,13-14,16-17,19H2,1-4H3,(H,29,30,31). The van der Waals surface area contributed by atoms with E-state index < -0.39 is 5.60 Å². The lowest BCUT2D eigenvalue weighted by molar-refractivity contribution is 0.0188. The maximum Gasteiger partial charge on any atom is 0.410 e. The van der Waals surface area contributed by atoms with E-state index >= 15 is 0 Å². The summed E-state index contributed by atoms with van der Waals surface area (Å²) in [7, 11) is 0. The van der Waals surface area contributed by atoms with Gasteiger partial charge in [0.15, 0.2) is 0 Å². The minimum absolute atomic E-state index is 0.0950. The number of carbonyl (C=O) groups is 2. The number of anilines is 2. The molecule has 1 saturated heterocycles. The maximum absolute atomic E-state index is 13.3. The topological polar surface area (TPSA) is 87.7 Å². The molecule has 36 heavy (non-hydrogen) atoms. The number of hydrogen-bond donors (Lipinski definition) is 1. The Kier molecular flexibility index (Phi) is 7.72. The van der Waals surface area contributed by atoms with Gasteiger partial charge in [0.1, 0.15) is 11.4 Å². The van der Waals surface area contributed by atoms with Gasteiger partial charge >= 0.3 is 6.09 Å². The summed E-state index contributed by atoms with van der Waals surface area (Å²) in [6, 6.07) is 15.5. The molecule has 190 valence electrons. The molecule has 0 atom stereocenters. The number of benzene rings is 2. The minimum Gasteiger partial charge on any atom is -0.444 e. The first-order chi connectivity index (χ1) is 17.2. The van der Waals surface area contributed by atoms with Crippen LogP contribution in [0.15, 0.2) is 54.7 Å². The molecule has 2 heterocycles. The van der Waals surface area contributed by atoms with E-state index in [0.717, 1.165) is 23.6 Å². The Balaban J connectivity index is 1.36. The molecule has 0 saturated carbocycles. The van der Waals surface area contributed by atoms with Gasteiger partial charge in [-0.05, 0) is 75.4 Å². The predicted molar refractivity (Wildman–Crippen MR) is 142 cm³/mol. The van der Waals surface area contributed by atoms with Crippen molar-refractivity contribution < 1.29 is 14.3 Å². The molecular formula is C28H35N5O3. The zero-order valence-corrected chi connectivity index (χ0v) is 21.5. The molecule has 0 bridgehead atoms. The first-order valence-electron chi connectivity index (χ1n) is 12.6. The van der Waals surface area contributed by atoms with Crippen molar-refractivity contribution in [2.45, 2.75) is 46.1 Å². The van der Waals surface area contributed by atoms with E-state index in [1.165, 1.54) is 0 Å². The van der Waals surface area contributed by atoms with Crippen LogP contribution in [0.25, 0.3) is 10.8 Å². The highest BCUT2D eigenvalue weighted by molar-refractivity contribution is 6.07. The fraction of sp³-hybridized carbons (Fsp3) is 0.429. The summed E-state index contributed by atoms with van der Waals surface area (Å²) in [6.45, 7) is 10.1. The highest BCUT2D eigenvalue weighted by atomic mass is 16.6. The Morgan fingerprint density at radius 1 is 1.08 bits per heavy atom. The number of amides is 2. The molecule has 1 aliphatic rings. The molecular weight excluding hydrogens is 454 g/mol. The van der Waals surface area contributed by atoms with Gasteiger partial charge in [0.2, 0.25) is 5.95 Å². The van der Waals surface area contributed by atoms with Gasteiger partial charge in [-0.25, -0.2) is 9.78 Å². The van der Waals surface area contributed by atoms with Crippen molar-refractivity contribution in [2.75, 3.05) is 36.4 Å². The van der Waals surface area contributed by atoms with Crippen molar-refractivity contribution in [3.05, 3.63) is 60.3 Å². The Hall–Kier alpha value is -3.68. The molecule has 1 N–H and O–H groups in total. The van der Waals surface area contributed by atoms with Crippen LogP contribution in [0.2, 0.25) is 0 Å². The van der Waals surface area contributed by atoms with Gasteiger partial charge in [-0.15, -0.1) is 0 Å². The number of carbonyl (C=O) groups excluding carboxylic acids is 2. The number of nitrogens with one attached hydrogen (secondary N) is 1. The van der Waals surface area contributed by atoms with Crippen molar-refractivity contribution in [1.82, 2.24) is 14.9 Å². The molecule has 8 nitrogen and oxygen atoms in total. The lowest BCUT2D eigenvalue weighted by Gasteiger charge is -2.33. The van der Waals surface area contributed by atoms with Crippen LogP contribution in [-0.4, -0.2) is 58.6 Å². The van der Waals surface area contributed by atoms with Crippen LogP contribution in [0.5, 0.6) is 0 Å². The summed E-state index contributed by atoms with van der Waals surface area (Å²) in [6.07, 6.45) is 3.19. The number of nitrogens with zero attached hydrogens (tertiary/aromatic N) is 4. The third-order valence-corrected chi connectivity index (χ3v) is 6.29. The molecule has 3 aromatic rings. The SMILES string of the molecule is CCN(C(=O)c1ccc2ccccc2c1)c1ccnc(NCC2CCN(C(=O)OC(C)(C)C)CC2)n1. The van der Waals surface area contributed by atoms with E-state index in [2.05, 4.69) is 15.3 Å². The van der Waals surface area contributed by atoms with Crippen molar-refractivity contribution >= 4 is 34.5 Å². The quantitative estimate of drug-likeness (QED) is 0.502. The number of aromatic nitrogens is 2. The Morgan fingerprint density at radius 3 is 2.50 bits per heavy atom. The summed E-state index contributed by atoms with van der Waals surface area (Å²) in [5.41, 5.74) is 0.139. The molecule has 1 aromatic heterocycles. The van der Waals surface area contributed by atoms with E-state index in [9.17, 15) is 9.59 Å². The van der Waals surface area contributed by atoms with E-state index in [4.69, 9.17) is 4.74 Å². The number of likely N-dealkylation sites (tertiary alicyclic amines) is 1. The van der Waals surface area contributed by atoms with Gasteiger partial charge in [0.05, 0.1) is 0 Å². The van der Waals surface area contributed by atoms with Crippen molar-refractivity contribution in [3.63, 3.8) is 0 Å². The van der Waals surface area contributed by atoms with E-state index in [1.807, 2.05) is 70.2 Å². The Bertz CT molecular complexity index is 1220. The van der Waals surface area contributed by atoms with Crippen LogP contribution in [0, 0.1) is 5.92 Å². The molecule has 2 aromatic carbocycles. The number of ether oxygens (including phenoxy) is 1. The Morgan fingerprint density at radius 2 is 1.81 bits per heavy atom. The van der Waals surface area contributed by atoms with Crippen LogP contribution in [-0.2, 0) is 4.74 Å². The average molecular weight is 490 g/mol. The molecule has 8 heteroatoms. The zero-order chi connectivity index (χ0) is 25.7. The van der Waals surface area contributed by atoms with Gasteiger partial charge in [0.25, 0.3) is 5.91 Å².